The van der Waals surface area contributed by atoms with Gasteiger partial charge < -0.3 is 4.74 Å². The van der Waals surface area contributed by atoms with Gasteiger partial charge in [0.05, 0.1) is 4.47 Å². The van der Waals surface area contributed by atoms with Crippen molar-refractivity contribution in [2.75, 3.05) is 6.61 Å². The van der Waals surface area contributed by atoms with Gasteiger partial charge in [0.2, 0.25) is 0 Å². The molecule has 0 radical (unpaired) electrons. The number of halogens is 2. The fourth-order valence-corrected chi connectivity index (χ4v) is 2.02. The van der Waals surface area contributed by atoms with Crippen molar-refractivity contribution in [2.45, 2.75) is 6.92 Å². The van der Waals surface area contributed by atoms with E-state index in [1.165, 1.54) is 18.2 Å². The molecule has 0 aliphatic carbocycles. The molecule has 0 saturated heterocycles. The number of hydrogen-bond donors (Lipinski definition) is 0. The van der Waals surface area contributed by atoms with Crippen LogP contribution in [0.1, 0.15) is 15.9 Å². The molecule has 0 fully saturated rings. The number of carbonyl (C=O) groups excluding carboxylic acids is 1. The lowest BCUT2D eigenvalue weighted by Crippen LogP contribution is -2.11. The maximum atomic E-state index is 12.9. The molecular weight excluding hydrogens is 311 g/mol. The van der Waals surface area contributed by atoms with Crippen LogP contribution in [0.3, 0.4) is 0 Å². The highest BCUT2D eigenvalue weighted by molar-refractivity contribution is 9.10. The van der Waals surface area contributed by atoms with E-state index in [4.69, 9.17) is 4.74 Å². The van der Waals surface area contributed by atoms with Gasteiger partial charge in [-0.25, -0.2) is 4.39 Å². The minimum Gasteiger partial charge on any atom is -0.484 e. The third-order valence-electron chi connectivity index (χ3n) is 2.63. The Hall–Kier alpha value is -1.68. The number of ether oxygens (including phenoxy) is 1. The van der Waals surface area contributed by atoms with Gasteiger partial charge in [0.25, 0.3) is 0 Å². The quantitative estimate of drug-likeness (QED) is 0.790. The second kappa shape index (κ2) is 5.97. The number of benzene rings is 2. The first kappa shape index (κ1) is 13.7. The lowest BCUT2D eigenvalue weighted by Gasteiger charge is -2.07. The monoisotopic (exact) mass is 322 g/mol. The number of carbonyl (C=O) groups is 1. The van der Waals surface area contributed by atoms with Gasteiger partial charge in [0.1, 0.15) is 11.6 Å². The molecule has 19 heavy (non-hydrogen) atoms. The van der Waals surface area contributed by atoms with Crippen LogP contribution in [0, 0.1) is 12.7 Å². The standard InChI is InChI=1S/C15H12BrFO2/c1-10-2-4-11(5-3-10)14(18)9-19-15-7-6-12(17)8-13(15)16/h2-8H,9H2,1H3. The molecule has 0 aliphatic rings. The molecule has 0 atom stereocenters. The first-order valence-electron chi connectivity index (χ1n) is 5.74. The van der Waals surface area contributed by atoms with E-state index in [-0.39, 0.29) is 18.2 Å². The summed E-state index contributed by atoms with van der Waals surface area (Å²) in [5.74, 6) is -0.0258. The van der Waals surface area contributed by atoms with Crippen LogP contribution < -0.4 is 4.74 Å². The molecule has 0 bridgehead atoms. The van der Waals surface area contributed by atoms with E-state index in [1.807, 2.05) is 19.1 Å². The Bertz CT molecular complexity index is 594. The van der Waals surface area contributed by atoms with Gasteiger partial charge >= 0.3 is 0 Å². The topological polar surface area (TPSA) is 26.3 Å². The fourth-order valence-electron chi connectivity index (χ4n) is 1.56. The second-order valence-electron chi connectivity index (χ2n) is 4.15. The first-order valence-corrected chi connectivity index (χ1v) is 6.53. The summed E-state index contributed by atoms with van der Waals surface area (Å²) in [6, 6.07) is 11.4. The molecule has 0 amide bonds. The normalized spacial score (nSPS) is 10.3. The highest BCUT2D eigenvalue weighted by Crippen LogP contribution is 2.25. The van der Waals surface area contributed by atoms with Crippen LogP contribution >= 0.6 is 15.9 Å². The molecule has 0 saturated carbocycles. The van der Waals surface area contributed by atoms with Gasteiger partial charge in [-0.3, -0.25) is 4.79 Å². The zero-order chi connectivity index (χ0) is 13.8. The molecule has 2 rings (SSSR count). The molecule has 98 valence electrons. The minimum atomic E-state index is -0.357. The Morgan fingerprint density at radius 1 is 1.21 bits per heavy atom. The van der Waals surface area contributed by atoms with E-state index in [1.54, 1.807) is 12.1 Å². The molecule has 0 unspecified atom stereocenters. The molecule has 2 aromatic rings. The third kappa shape index (κ3) is 3.64. The van der Waals surface area contributed by atoms with Crippen molar-refractivity contribution >= 4 is 21.7 Å². The summed E-state index contributed by atoms with van der Waals surface area (Å²) in [6.45, 7) is 1.88. The fraction of sp³-hybridized carbons (Fsp3) is 0.133. The maximum absolute atomic E-state index is 12.9. The SMILES string of the molecule is Cc1ccc(C(=O)COc2ccc(F)cc2Br)cc1. The molecule has 0 aromatic heterocycles. The van der Waals surface area contributed by atoms with E-state index in [9.17, 15) is 9.18 Å². The van der Waals surface area contributed by atoms with Crippen molar-refractivity contribution in [1.29, 1.82) is 0 Å². The molecule has 4 heteroatoms. The van der Waals surface area contributed by atoms with Crippen molar-refractivity contribution in [1.82, 2.24) is 0 Å². The average molecular weight is 323 g/mol. The van der Waals surface area contributed by atoms with Crippen molar-refractivity contribution < 1.29 is 13.9 Å². The summed E-state index contributed by atoms with van der Waals surface area (Å²) in [7, 11) is 0. The van der Waals surface area contributed by atoms with Crippen molar-refractivity contribution in [2.24, 2.45) is 0 Å². The third-order valence-corrected chi connectivity index (χ3v) is 3.25. The van der Waals surface area contributed by atoms with Crippen LogP contribution in [0.4, 0.5) is 4.39 Å². The van der Waals surface area contributed by atoms with Gasteiger partial charge in [-0.15, -0.1) is 0 Å². The van der Waals surface area contributed by atoms with Crippen molar-refractivity contribution in [3.05, 3.63) is 63.9 Å². The predicted molar refractivity (Wildman–Crippen MR) is 75.1 cm³/mol. The van der Waals surface area contributed by atoms with Crippen molar-refractivity contribution in [3.8, 4) is 5.75 Å². The van der Waals surface area contributed by atoms with Crippen LogP contribution in [0.5, 0.6) is 5.75 Å². The summed E-state index contributed by atoms with van der Waals surface area (Å²) < 4.78 is 18.8. The number of Topliss-reactive ketones (excluding diaryl/α,β-unsaturated/α-hetero) is 1. The van der Waals surface area contributed by atoms with Crippen LogP contribution in [0.25, 0.3) is 0 Å². The zero-order valence-electron chi connectivity index (χ0n) is 10.3. The van der Waals surface area contributed by atoms with Gasteiger partial charge in [0.15, 0.2) is 12.4 Å². The summed E-state index contributed by atoms with van der Waals surface area (Å²) in [6.07, 6.45) is 0. The predicted octanol–water partition coefficient (Wildman–Crippen LogP) is 4.16. The first-order chi connectivity index (χ1) is 9.06. The maximum Gasteiger partial charge on any atom is 0.200 e. The highest BCUT2D eigenvalue weighted by Gasteiger charge is 2.08. The Labute approximate surface area is 119 Å². The largest absolute Gasteiger partial charge is 0.484 e. The molecule has 2 nitrogen and oxygen atoms in total. The second-order valence-corrected chi connectivity index (χ2v) is 5.01. The number of rotatable bonds is 4. The number of aryl methyl sites for hydroxylation is 1. The summed E-state index contributed by atoms with van der Waals surface area (Å²) in [4.78, 5) is 11.9. The molecule has 0 aliphatic heterocycles. The molecular formula is C15H12BrFO2. The van der Waals surface area contributed by atoms with Crippen LogP contribution in [-0.2, 0) is 0 Å². The Morgan fingerprint density at radius 2 is 1.89 bits per heavy atom. The minimum absolute atomic E-state index is 0.0761. The summed E-state index contributed by atoms with van der Waals surface area (Å²) in [5, 5.41) is 0. The average Bonchev–Trinajstić information content (AvgIpc) is 2.38. The van der Waals surface area contributed by atoms with Gasteiger partial charge in [-0.2, -0.15) is 0 Å². The smallest absolute Gasteiger partial charge is 0.200 e. The number of hydrogen-bond acceptors (Lipinski definition) is 2. The van der Waals surface area contributed by atoms with E-state index in [2.05, 4.69) is 15.9 Å². The Kier molecular flexibility index (Phi) is 4.32. The van der Waals surface area contributed by atoms with E-state index in [0.717, 1.165) is 5.56 Å². The van der Waals surface area contributed by atoms with Crippen LogP contribution in [-0.4, -0.2) is 12.4 Å². The van der Waals surface area contributed by atoms with Gasteiger partial charge in [0, 0.05) is 5.56 Å². The zero-order valence-corrected chi connectivity index (χ0v) is 11.9. The number of ketones is 1. The highest BCUT2D eigenvalue weighted by atomic mass is 79.9. The van der Waals surface area contributed by atoms with E-state index >= 15 is 0 Å². The van der Waals surface area contributed by atoms with Crippen LogP contribution in [0.2, 0.25) is 0 Å². The molecule has 2 aromatic carbocycles. The van der Waals surface area contributed by atoms with Crippen molar-refractivity contribution in [3.63, 3.8) is 0 Å². The van der Waals surface area contributed by atoms with E-state index in [0.29, 0.717) is 15.8 Å². The molecule has 0 heterocycles. The lowest BCUT2D eigenvalue weighted by atomic mass is 10.1. The van der Waals surface area contributed by atoms with Crippen LogP contribution in [0.15, 0.2) is 46.9 Å². The van der Waals surface area contributed by atoms with Gasteiger partial charge in [-0.1, -0.05) is 29.8 Å². The summed E-state index contributed by atoms with van der Waals surface area (Å²) >= 11 is 3.19. The lowest BCUT2D eigenvalue weighted by molar-refractivity contribution is 0.0921. The van der Waals surface area contributed by atoms with Gasteiger partial charge in [-0.05, 0) is 41.1 Å². The molecule has 0 spiro atoms. The summed E-state index contributed by atoms with van der Waals surface area (Å²) in [5.41, 5.74) is 1.70. The Morgan fingerprint density at radius 3 is 2.53 bits per heavy atom. The van der Waals surface area contributed by atoms with E-state index < -0.39 is 0 Å². The Balaban J connectivity index is 2.02. The molecule has 0 N–H and O–H groups in total.